The zero-order valence-electron chi connectivity index (χ0n) is 14.0. The van der Waals surface area contributed by atoms with Crippen molar-refractivity contribution in [1.29, 1.82) is 0 Å². The summed E-state index contributed by atoms with van der Waals surface area (Å²) in [4.78, 5) is 17.2. The molecule has 124 valence electrons. The number of fused-ring (bicyclic) bond motifs is 1. The lowest BCUT2D eigenvalue weighted by Crippen LogP contribution is -2.37. The second-order valence-corrected chi connectivity index (χ2v) is 6.69. The molecule has 0 bridgehead atoms. The first-order chi connectivity index (χ1) is 11.1. The van der Waals surface area contributed by atoms with Gasteiger partial charge in [0.2, 0.25) is 5.91 Å². The molecule has 1 aliphatic carbocycles. The first kappa shape index (κ1) is 15.9. The van der Waals surface area contributed by atoms with Crippen LogP contribution in [-0.2, 0) is 9.53 Å². The molecule has 2 aromatic rings. The normalized spacial score (nSPS) is 17.0. The van der Waals surface area contributed by atoms with Crippen LogP contribution in [0.15, 0.2) is 18.5 Å². The first-order valence-corrected chi connectivity index (χ1v) is 8.19. The maximum Gasteiger partial charge on any atom is 0.232 e. The average Bonchev–Trinajstić information content (AvgIpc) is 3.14. The number of pyridine rings is 1. The fourth-order valence-corrected chi connectivity index (χ4v) is 3.42. The largest absolute Gasteiger partial charge is 0.384 e. The monoisotopic (exact) mass is 316 g/mol. The molecule has 3 rings (SSSR count). The van der Waals surface area contributed by atoms with Crippen molar-refractivity contribution in [3.05, 3.63) is 18.5 Å². The van der Waals surface area contributed by atoms with Gasteiger partial charge in [-0.15, -0.1) is 0 Å². The number of hydrogen-bond donors (Lipinski definition) is 1. The molecule has 0 aromatic carbocycles. The Morgan fingerprint density at radius 1 is 1.39 bits per heavy atom. The second kappa shape index (κ2) is 6.28. The molecule has 0 aliphatic heterocycles. The van der Waals surface area contributed by atoms with Crippen LogP contribution in [0.25, 0.3) is 11.0 Å². The van der Waals surface area contributed by atoms with Crippen molar-refractivity contribution in [3.63, 3.8) is 0 Å². The molecule has 6 nitrogen and oxygen atoms in total. The lowest BCUT2D eigenvalue weighted by atomic mass is 9.86. The molecular formula is C17H24N4O2. The minimum atomic E-state index is -0.397. The number of methoxy groups -OCH3 is 1. The van der Waals surface area contributed by atoms with E-state index in [1.807, 2.05) is 10.7 Å². The van der Waals surface area contributed by atoms with Crippen LogP contribution in [0.2, 0.25) is 0 Å². The first-order valence-electron chi connectivity index (χ1n) is 8.19. The number of carbonyl (C=O) groups excluding carboxylic acids is 1. The molecule has 0 radical (unpaired) electrons. The quantitative estimate of drug-likeness (QED) is 0.920. The predicted octanol–water partition coefficient (Wildman–Crippen LogP) is 3.16. The van der Waals surface area contributed by atoms with Gasteiger partial charge in [0.1, 0.15) is 0 Å². The van der Waals surface area contributed by atoms with Crippen molar-refractivity contribution in [3.8, 4) is 0 Å². The summed E-state index contributed by atoms with van der Waals surface area (Å²) in [5.41, 5.74) is 1.16. The number of amides is 1. The number of ether oxygens (including phenoxy) is 1. The summed E-state index contributed by atoms with van der Waals surface area (Å²) in [5, 5.41) is 8.31. The molecular weight excluding hydrogens is 292 g/mol. The second-order valence-electron chi connectivity index (χ2n) is 6.69. The van der Waals surface area contributed by atoms with Gasteiger partial charge in [0, 0.05) is 18.5 Å². The van der Waals surface area contributed by atoms with Crippen LogP contribution in [-0.4, -0.2) is 34.4 Å². The third-order valence-electron chi connectivity index (χ3n) is 4.64. The van der Waals surface area contributed by atoms with E-state index < -0.39 is 5.41 Å². The molecule has 1 N–H and O–H groups in total. The number of nitrogens with zero attached hydrogens (tertiary/aromatic N) is 3. The molecule has 6 heteroatoms. The van der Waals surface area contributed by atoms with Crippen LogP contribution in [0.5, 0.6) is 0 Å². The molecule has 23 heavy (non-hydrogen) atoms. The highest BCUT2D eigenvalue weighted by molar-refractivity contribution is 5.96. The lowest BCUT2D eigenvalue weighted by molar-refractivity contribution is -0.128. The van der Waals surface area contributed by atoms with Gasteiger partial charge < -0.3 is 10.1 Å². The summed E-state index contributed by atoms with van der Waals surface area (Å²) in [6, 6.07) is 2.19. The lowest BCUT2D eigenvalue weighted by Gasteiger charge is -2.26. The minimum absolute atomic E-state index is 0.0363. The molecule has 1 aliphatic rings. The molecule has 2 heterocycles. The molecule has 1 saturated carbocycles. The number of anilines is 1. The smallest absolute Gasteiger partial charge is 0.232 e. The molecule has 1 fully saturated rings. The highest BCUT2D eigenvalue weighted by Gasteiger charge is 2.41. The Morgan fingerprint density at radius 2 is 2.13 bits per heavy atom. The van der Waals surface area contributed by atoms with E-state index >= 15 is 0 Å². The molecule has 0 saturated heterocycles. The van der Waals surface area contributed by atoms with Crippen LogP contribution >= 0.6 is 0 Å². The van der Waals surface area contributed by atoms with Crippen LogP contribution < -0.4 is 5.32 Å². The van der Waals surface area contributed by atoms with Crippen molar-refractivity contribution in [2.75, 3.05) is 19.0 Å². The van der Waals surface area contributed by atoms with E-state index in [4.69, 9.17) is 4.74 Å². The molecule has 0 unspecified atom stereocenters. The summed E-state index contributed by atoms with van der Waals surface area (Å²) < 4.78 is 7.18. The van der Waals surface area contributed by atoms with Crippen LogP contribution in [0, 0.1) is 5.41 Å². The summed E-state index contributed by atoms with van der Waals surface area (Å²) >= 11 is 0. The van der Waals surface area contributed by atoms with Gasteiger partial charge in [-0.05, 0) is 32.8 Å². The summed E-state index contributed by atoms with van der Waals surface area (Å²) in [7, 11) is 1.65. The van der Waals surface area contributed by atoms with E-state index in [9.17, 15) is 4.79 Å². The number of aromatic nitrogens is 3. The number of nitrogens with one attached hydrogen (secondary N) is 1. The van der Waals surface area contributed by atoms with E-state index in [1.165, 1.54) is 0 Å². The van der Waals surface area contributed by atoms with Crippen LogP contribution in [0.4, 0.5) is 5.69 Å². The fraction of sp³-hybridized carbons (Fsp3) is 0.588. The Hall–Kier alpha value is -1.95. The Balaban J connectivity index is 1.82. The predicted molar refractivity (Wildman–Crippen MR) is 89.3 cm³/mol. The van der Waals surface area contributed by atoms with E-state index in [-0.39, 0.29) is 11.9 Å². The minimum Gasteiger partial charge on any atom is -0.384 e. The molecule has 0 atom stereocenters. The van der Waals surface area contributed by atoms with Crippen molar-refractivity contribution >= 4 is 22.6 Å². The van der Waals surface area contributed by atoms with Crippen LogP contribution in [0.3, 0.4) is 0 Å². The SMILES string of the molecule is COCC1(C(=O)Nc2cnc3c(cnn3C(C)C)c2)CCCC1. The third-order valence-corrected chi connectivity index (χ3v) is 4.64. The van der Waals surface area contributed by atoms with Crippen molar-refractivity contribution < 1.29 is 9.53 Å². The van der Waals surface area contributed by atoms with E-state index in [0.717, 1.165) is 36.7 Å². The fourth-order valence-electron chi connectivity index (χ4n) is 3.42. The Bertz CT molecular complexity index is 702. The van der Waals surface area contributed by atoms with Gasteiger partial charge in [0.15, 0.2) is 5.65 Å². The van der Waals surface area contributed by atoms with Gasteiger partial charge in [-0.1, -0.05) is 12.8 Å². The van der Waals surface area contributed by atoms with E-state index in [0.29, 0.717) is 12.3 Å². The van der Waals surface area contributed by atoms with Crippen molar-refractivity contribution in [1.82, 2.24) is 14.8 Å². The van der Waals surface area contributed by atoms with Gasteiger partial charge >= 0.3 is 0 Å². The third kappa shape index (κ3) is 2.95. The Kier molecular flexibility index (Phi) is 4.35. The zero-order chi connectivity index (χ0) is 16.4. The molecule has 0 spiro atoms. The number of hydrogen-bond acceptors (Lipinski definition) is 4. The van der Waals surface area contributed by atoms with Gasteiger partial charge in [-0.25, -0.2) is 9.67 Å². The van der Waals surface area contributed by atoms with Gasteiger partial charge in [-0.2, -0.15) is 5.10 Å². The zero-order valence-corrected chi connectivity index (χ0v) is 14.0. The van der Waals surface area contributed by atoms with Gasteiger partial charge in [0.25, 0.3) is 0 Å². The number of carbonyl (C=O) groups is 1. The summed E-state index contributed by atoms with van der Waals surface area (Å²) in [6.07, 6.45) is 7.42. The maximum atomic E-state index is 12.7. The Morgan fingerprint density at radius 3 is 2.78 bits per heavy atom. The van der Waals surface area contributed by atoms with Crippen molar-refractivity contribution in [2.24, 2.45) is 5.41 Å². The highest BCUT2D eigenvalue weighted by atomic mass is 16.5. The number of rotatable bonds is 5. The molecule has 2 aromatic heterocycles. The van der Waals surface area contributed by atoms with Gasteiger partial charge in [0.05, 0.1) is 30.1 Å². The Labute approximate surface area is 136 Å². The van der Waals surface area contributed by atoms with E-state index in [2.05, 4.69) is 29.2 Å². The maximum absolute atomic E-state index is 12.7. The molecule has 1 amide bonds. The standard InChI is InChI=1S/C17H24N4O2/c1-12(2)21-15-13(9-19-21)8-14(10-18-15)20-16(22)17(11-23-3)6-4-5-7-17/h8-10,12H,4-7,11H2,1-3H3,(H,20,22). The van der Waals surface area contributed by atoms with Gasteiger partial charge in [-0.3, -0.25) is 4.79 Å². The highest BCUT2D eigenvalue weighted by Crippen LogP contribution is 2.39. The van der Waals surface area contributed by atoms with E-state index in [1.54, 1.807) is 19.5 Å². The summed E-state index contributed by atoms with van der Waals surface area (Å²) in [5.74, 6) is 0.0363. The van der Waals surface area contributed by atoms with Crippen LogP contribution in [0.1, 0.15) is 45.6 Å². The summed E-state index contributed by atoms with van der Waals surface area (Å²) in [6.45, 7) is 4.61. The van der Waals surface area contributed by atoms with Crippen molar-refractivity contribution in [2.45, 2.75) is 45.6 Å². The topological polar surface area (TPSA) is 69.0 Å². The average molecular weight is 316 g/mol.